The summed E-state index contributed by atoms with van der Waals surface area (Å²) in [5.41, 5.74) is 4.84. The largest absolute Gasteiger partial charge is 0.497 e. The van der Waals surface area contributed by atoms with Gasteiger partial charge >= 0.3 is 0 Å². The zero-order valence-electron chi connectivity index (χ0n) is 21.0. The SMILES string of the molecule is COc1ccc(Cn2cc([C@H](CC(=O)NCc3ccncc3)C3CCCCC3)c3ccccc32)cc1. The Hall–Kier alpha value is -3.60. The lowest BCUT2D eigenvalue weighted by atomic mass is 9.75. The lowest BCUT2D eigenvalue weighted by Crippen LogP contribution is -2.27. The molecule has 2 heterocycles. The van der Waals surface area contributed by atoms with E-state index in [2.05, 4.69) is 57.5 Å². The van der Waals surface area contributed by atoms with Crippen LogP contribution in [-0.4, -0.2) is 22.6 Å². The molecule has 0 bridgehead atoms. The smallest absolute Gasteiger partial charge is 0.220 e. The lowest BCUT2D eigenvalue weighted by molar-refractivity contribution is -0.122. The highest BCUT2D eigenvalue weighted by molar-refractivity contribution is 5.86. The predicted molar refractivity (Wildman–Crippen MR) is 144 cm³/mol. The number of ether oxygens (including phenoxy) is 1. The molecule has 1 aliphatic carbocycles. The number of aromatic nitrogens is 2. The molecule has 36 heavy (non-hydrogen) atoms. The highest BCUT2D eigenvalue weighted by Crippen LogP contribution is 2.41. The summed E-state index contributed by atoms with van der Waals surface area (Å²) in [7, 11) is 1.69. The van der Waals surface area contributed by atoms with Gasteiger partial charge in [0, 0.05) is 49.0 Å². The monoisotopic (exact) mass is 481 g/mol. The maximum atomic E-state index is 13.2. The second-order valence-electron chi connectivity index (χ2n) is 9.92. The van der Waals surface area contributed by atoms with E-state index in [1.165, 1.54) is 54.1 Å². The third-order valence-electron chi connectivity index (χ3n) is 7.59. The minimum Gasteiger partial charge on any atom is -0.497 e. The van der Waals surface area contributed by atoms with Gasteiger partial charge in [0.15, 0.2) is 0 Å². The molecule has 2 aromatic heterocycles. The van der Waals surface area contributed by atoms with Crippen molar-refractivity contribution in [3.8, 4) is 5.75 Å². The first-order valence-corrected chi connectivity index (χ1v) is 13.1. The van der Waals surface area contributed by atoms with Gasteiger partial charge in [0.05, 0.1) is 7.11 Å². The number of benzene rings is 2. The molecule has 186 valence electrons. The zero-order chi connectivity index (χ0) is 24.7. The van der Waals surface area contributed by atoms with E-state index in [9.17, 15) is 4.79 Å². The highest BCUT2D eigenvalue weighted by atomic mass is 16.5. The van der Waals surface area contributed by atoms with Crippen LogP contribution in [0.2, 0.25) is 0 Å². The Morgan fingerprint density at radius 1 is 1.00 bits per heavy atom. The summed E-state index contributed by atoms with van der Waals surface area (Å²) in [6.07, 6.45) is 12.6. The van der Waals surface area contributed by atoms with Crippen molar-refractivity contribution in [3.63, 3.8) is 0 Å². The molecule has 2 aromatic carbocycles. The van der Waals surface area contributed by atoms with Crippen LogP contribution in [0, 0.1) is 5.92 Å². The normalized spacial score (nSPS) is 15.0. The van der Waals surface area contributed by atoms with Gasteiger partial charge in [-0.25, -0.2) is 0 Å². The first kappa shape index (κ1) is 24.1. The molecule has 0 saturated heterocycles. The molecule has 0 radical (unpaired) electrons. The van der Waals surface area contributed by atoms with E-state index in [1.54, 1.807) is 19.5 Å². The fraction of sp³-hybridized carbons (Fsp3) is 0.355. The number of hydrogen-bond donors (Lipinski definition) is 1. The van der Waals surface area contributed by atoms with Crippen molar-refractivity contribution in [3.05, 3.63) is 95.9 Å². The maximum Gasteiger partial charge on any atom is 0.220 e. The number of methoxy groups -OCH3 is 1. The fourth-order valence-electron chi connectivity index (χ4n) is 5.67. The number of carbonyl (C=O) groups is 1. The maximum absolute atomic E-state index is 13.2. The Morgan fingerprint density at radius 3 is 2.50 bits per heavy atom. The van der Waals surface area contributed by atoms with Crippen LogP contribution in [0.1, 0.15) is 61.1 Å². The topological polar surface area (TPSA) is 56.1 Å². The summed E-state index contributed by atoms with van der Waals surface area (Å²) in [4.78, 5) is 17.3. The fourth-order valence-corrected chi connectivity index (χ4v) is 5.67. The lowest BCUT2D eigenvalue weighted by Gasteiger charge is -2.30. The van der Waals surface area contributed by atoms with E-state index in [4.69, 9.17) is 4.74 Å². The average Bonchev–Trinajstić information content (AvgIpc) is 3.30. The van der Waals surface area contributed by atoms with E-state index < -0.39 is 0 Å². The molecule has 1 N–H and O–H groups in total. The molecule has 1 amide bonds. The number of hydrogen-bond acceptors (Lipinski definition) is 3. The van der Waals surface area contributed by atoms with Crippen LogP contribution in [0.3, 0.4) is 0 Å². The van der Waals surface area contributed by atoms with Crippen molar-refractivity contribution in [1.82, 2.24) is 14.9 Å². The summed E-state index contributed by atoms with van der Waals surface area (Å²) in [6.45, 7) is 1.33. The number of fused-ring (bicyclic) bond motifs is 1. The van der Waals surface area contributed by atoms with Crippen molar-refractivity contribution in [2.75, 3.05) is 7.11 Å². The first-order valence-electron chi connectivity index (χ1n) is 13.1. The minimum absolute atomic E-state index is 0.120. The van der Waals surface area contributed by atoms with Crippen molar-refractivity contribution >= 4 is 16.8 Å². The summed E-state index contributed by atoms with van der Waals surface area (Å²) < 4.78 is 7.67. The first-order chi connectivity index (χ1) is 17.7. The second-order valence-corrected chi connectivity index (χ2v) is 9.92. The Bertz CT molecular complexity index is 1270. The molecule has 0 spiro atoms. The second kappa shape index (κ2) is 11.4. The van der Waals surface area contributed by atoms with Crippen LogP contribution in [0.25, 0.3) is 10.9 Å². The Labute approximate surface area is 213 Å². The van der Waals surface area contributed by atoms with E-state index in [0.29, 0.717) is 18.9 Å². The number of amides is 1. The van der Waals surface area contributed by atoms with Crippen molar-refractivity contribution in [1.29, 1.82) is 0 Å². The van der Waals surface area contributed by atoms with E-state index in [0.717, 1.165) is 17.9 Å². The van der Waals surface area contributed by atoms with Gasteiger partial charge in [-0.1, -0.05) is 49.6 Å². The van der Waals surface area contributed by atoms with Crippen LogP contribution in [-0.2, 0) is 17.9 Å². The third-order valence-corrected chi connectivity index (χ3v) is 7.59. The van der Waals surface area contributed by atoms with Gasteiger partial charge in [0.2, 0.25) is 5.91 Å². The van der Waals surface area contributed by atoms with Crippen molar-refractivity contribution < 1.29 is 9.53 Å². The standard InChI is InChI=1S/C31H35N3O2/c1-36-26-13-11-24(12-14-26)21-34-22-29(27-9-5-6-10-30(27)34)28(25-7-3-2-4-8-25)19-31(35)33-20-23-15-17-32-18-16-23/h5-6,9-18,22,25,28H,2-4,7-8,19-21H2,1H3,(H,33,35)/t28-/m1/s1. The van der Waals surface area contributed by atoms with Gasteiger partial charge in [-0.3, -0.25) is 9.78 Å². The van der Waals surface area contributed by atoms with Crippen molar-refractivity contribution in [2.24, 2.45) is 5.92 Å². The molecule has 1 saturated carbocycles. The Morgan fingerprint density at radius 2 is 1.75 bits per heavy atom. The van der Waals surface area contributed by atoms with Crippen LogP contribution < -0.4 is 10.1 Å². The van der Waals surface area contributed by atoms with Gasteiger partial charge in [-0.2, -0.15) is 0 Å². The number of pyridine rings is 1. The number of carbonyl (C=O) groups excluding carboxylic acids is 1. The van der Waals surface area contributed by atoms with Gasteiger partial charge in [-0.05, 0) is 71.7 Å². The Balaban J connectivity index is 1.42. The van der Waals surface area contributed by atoms with E-state index >= 15 is 0 Å². The quantitative estimate of drug-likeness (QED) is 0.298. The van der Waals surface area contributed by atoms with Gasteiger partial charge in [-0.15, -0.1) is 0 Å². The van der Waals surface area contributed by atoms with Crippen LogP contribution >= 0.6 is 0 Å². The van der Waals surface area contributed by atoms with Crippen LogP contribution in [0.4, 0.5) is 0 Å². The van der Waals surface area contributed by atoms with Crippen molar-refractivity contribution in [2.45, 2.75) is 57.5 Å². The molecule has 5 nitrogen and oxygen atoms in total. The molecule has 0 aliphatic heterocycles. The van der Waals surface area contributed by atoms with Gasteiger partial charge in [0.25, 0.3) is 0 Å². The van der Waals surface area contributed by atoms with Crippen LogP contribution in [0.15, 0.2) is 79.3 Å². The number of para-hydroxylation sites is 1. The molecular formula is C31H35N3O2. The summed E-state index contributed by atoms with van der Waals surface area (Å²) in [6, 6.07) is 20.8. The predicted octanol–water partition coefficient (Wildman–Crippen LogP) is 6.46. The molecular weight excluding hydrogens is 446 g/mol. The number of rotatable bonds is 9. The zero-order valence-corrected chi connectivity index (χ0v) is 21.0. The molecule has 1 atom stereocenters. The highest BCUT2D eigenvalue weighted by Gasteiger charge is 2.29. The van der Waals surface area contributed by atoms with Gasteiger partial charge < -0.3 is 14.6 Å². The van der Waals surface area contributed by atoms with E-state index in [-0.39, 0.29) is 11.8 Å². The summed E-state index contributed by atoms with van der Waals surface area (Å²) in [5.74, 6) is 1.73. The minimum atomic E-state index is 0.120. The number of nitrogens with zero attached hydrogens (tertiary/aromatic N) is 2. The molecule has 0 unspecified atom stereocenters. The molecule has 4 aromatic rings. The third kappa shape index (κ3) is 5.62. The van der Waals surface area contributed by atoms with Crippen LogP contribution in [0.5, 0.6) is 5.75 Å². The summed E-state index contributed by atoms with van der Waals surface area (Å²) in [5, 5.41) is 4.43. The molecule has 5 rings (SSSR count). The van der Waals surface area contributed by atoms with E-state index in [1.807, 2.05) is 24.3 Å². The molecule has 1 fully saturated rings. The van der Waals surface area contributed by atoms with Gasteiger partial charge in [0.1, 0.15) is 5.75 Å². The Kier molecular flexibility index (Phi) is 7.65. The average molecular weight is 482 g/mol. The molecule has 1 aliphatic rings. The summed E-state index contributed by atoms with van der Waals surface area (Å²) >= 11 is 0. The number of nitrogens with one attached hydrogen (secondary N) is 1. The molecule has 5 heteroatoms.